The van der Waals surface area contributed by atoms with Gasteiger partial charge in [0.1, 0.15) is 6.54 Å². The number of amides is 2. The number of ether oxygens (including phenoxy) is 3. The minimum absolute atomic E-state index is 0.155. The van der Waals surface area contributed by atoms with Crippen LogP contribution >= 0.6 is 11.6 Å². The number of benzene rings is 2. The lowest BCUT2D eigenvalue weighted by atomic mass is 10.1. The SMILES string of the molecule is CCOc1c(Cl)cc(/C=C/C(=O)O[C@H](C)C(=O)N2CC(=O)Nc3ccccc32)cc1OC. The van der Waals surface area contributed by atoms with Gasteiger partial charge in [-0.15, -0.1) is 0 Å². The minimum Gasteiger partial charge on any atom is -0.493 e. The summed E-state index contributed by atoms with van der Waals surface area (Å²) >= 11 is 6.23. The minimum atomic E-state index is -1.09. The number of rotatable bonds is 7. The molecule has 32 heavy (non-hydrogen) atoms. The van der Waals surface area contributed by atoms with Gasteiger partial charge in [-0.25, -0.2) is 4.79 Å². The van der Waals surface area contributed by atoms with E-state index in [-0.39, 0.29) is 12.5 Å². The average Bonchev–Trinajstić information content (AvgIpc) is 2.78. The van der Waals surface area contributed by atoms with E-state index in [2.05, 4.69) is 5.32 Å². The summed E-state index contributed by atoms with van der Waals surface area (Å²) in [7, 11) is 1.49. The largest absolute Gasteiger partial charge is 0.493 e. The van der Waals surface area contributed by atoms with Crippen LogP contribution < -0.4 is 19.7 Å². The normalized spacial score (nSPS) is 13.9. The van der Waals surface area contributed by atoms with Crippen LogP contribution in [0.5, 0.6) is 11.5 Å². The van der Waals surface area contributed by atoms with Crippen LogP contribution in [0.2, 0.25) is 5.02 Å². The van der Waals surface area contributed by atoms with E-state index in [9.17, 15) is 14.4 Å². The Balaban J connectivity index is 1.69. The van der Waals surface area contributed by atoms with Crippen molar-refractivity contribution in [3.05, 3.63) is 53.1 Å². The van der Waals surface area contributed by atoms with Gasteiger partial charge in [-0.2, -0.15) is 0 Å². The lowest BCUT2D eigenvalue weighted by molar-refractivity contribution is -0.149. The highest BCUT2D eigenvalue weighted by Crippen LogP contribution is 2.36. The Morgan fingerprint density at radius 1 is 1.28 bits per heavy atom. The summed E-state index contributed by atoms with van der Waals surface area (Å²) in [5.74, 6) is -0.694. The first-order valence-electron chi connectivity index (χ1n) is 9.93. The highest BCUT2D eigenvalue weighted by atomic mass is 35.5. The van der Waals surface area contributed by atoms with Gasteiger partial charge in [0.25, 0.3) is 5.91 Å². The summed E-state index contributed by atoms with van der Waals surface area (Å²) in [4.78, 5) is 38.4. The number of anilines is 2. The number of methoxy groups -OCH3 is 1. The Morgan fingerprint density at radius 2 is 2.03 bits per heavy atom. The first kappa shape index (κ1) is 23.1. The molecule has 2 amide bonds. The van der Waals surface area contributed by atoms with Crippen LogP contribution in [0.25, 0.3) is 6.08 Å². The van der Waals surface area contributed by atoms with E-state index in [0.717, 1.165) is 0 Å². The number of nitrogens with one attached hydrogen (secondary N) is 1. The third-order valence-electron chi connectivity index (χ3n) is 4.63. The van der Waals surface area contributed by atoms with E-state index in [1.165, 1.54) is 31.1 Å². The van der Waals surface area contributed by atoms with Gasteiger partial charge >= 0.3 is 5.97 Å². The Morgan fingerprint density at radius 3 is 2.75 bits per heavy atom. The molecular weight excluding hydrogens is 436 g/mol. The summed E-state index contributed by atoms with van der Waals surface area (Å²) in [6.45, 7) is 3.56. The van der Waals surface area contributed by atoms with Gasteiger partial charge in [0.2, 0.25) is 5.91 Å². The number of hydrogen-bond acceptors (Lipinski definition) is 6. The molecule has 3 rings (SSSR count). The van der Waals surface area contributed by atoms with Crippen molar-refractivity contribution >= 4 is 46.8 Å². The van der Waals surface area contributed by atoms with Crippen molar-refractivity contribution in [1.29, 1.82) is 0 Å². The number of fused-ring (bicyclic) bond motifs is 1. The first-order chi connectivity index (χ1) is 15.3. The smallest absolute Gasteiger partial charge is 0.331 e. The molecule has 0 aromatic heterocycles. The van der Waals surface area contributed by atoms with Crippen molar-refractivity contribution in [1.82, 2.24) is 0 Å². The quantitative estimate of drug-likeness (QED) is 0.502. The fraction of sp³-hybridized carbons (Fsp3) is 0.261. The van der Waals surface area contributed by atoms with Crippen molar-refractivity contribution < 1.29 is 28.6 Å². The van der Waals surface area contributed by atoms with Crippen LogP contribution in [0, 0.1) is 0 Å². The van der Waals surface area contributed by atoms with E-state index in [1.54, 1.807) is 36.4 Å². The van der Waals surface area contributed by atoms with Crippen LogP contribution in [-0.4, -0.2) is 44.1 Å². The van der Waals surface area contributed by atoms with Gasteiger partial charge in [0.15, 0.2) is 17.6 Å². The number of esters is 1. The third kappa shape index (κ3) is 5.20. The van der Waals surface area contributed by atoms with Crippen LogP contribution in [0.3, 0.4) is 0 Å². The molecule has 0 bridgehead atoms. The fourth-order valence-electron chi connectivity index (χ4n) is 3.20. The summed E-state index contributed by atoms with van der Waals surface area (Å²) in [5, 5.41) is 3.04. The van der Waals surface area contributed by atoms with Gasteiger partial charge in [-0.05, 0) is 49.8 Å². The molecule has 2 aromatic carbocycles. The van der Waals surface area contributed by atoms with E-state index >= 15 is 0 Å². The summed E-state index contributed by atoms with van der Waals surface area (Å²) in [6.07, 6.45) is 1.59. The lowest BCUT2D eigenvalue weighted by Gasteiger charge is -2.30. The Hall–Kier alpha value is -3.52. The van der Waals surface area contributed by atoms with Gasteiger partial charge in [-0.3, -0.25) is 14.5 Å². The maximum absolute atomic E-state index is 12.8. The van der Waals surface area contributed by atoms with Crippen molar-refractivity contribution in [3.63, 3.8) is 0 Å². The number of nitrogens with zero attached hydrogens (tertiary/aromatic N) is 1. The highest BCUT2D eigenvalue weighted by molar-refractivity contribution is 6.32. The molecule has 8 nitrogen and oxygen atoms in total. The van der Waals surface area contributed by atoms with Crippen LogP contribution in [0.1, 0.15) is 19.4 Å². The molecule has 1 N–H and O–H groups in total. The third-order valence-corrected chi connectivity index (χ3v) is 4.91. The Bertz CT molecular complexity index is 1070. The molecule has 1 aliphatic heterocycles. The highest BCUT2D eigenvalue weighted by Gasteiger charge is 2.31. The molecule has 0 saturated carbocycles. The first-order valence-corrected chi connectivity index (χ1v) is 10.3. The molecule has 0 spiro atoms. The monoisotopic (exact) mass is 458 g/mol. The molecule has 2 aromatic rings. The van der Waals surface area contributed by atoms with Crippen LogP contribution in [0.4, 0.5) is 11.4 Å². The maximum atomic E-state index is 12.8. The zero-order valence-corrected chi connectivity index (χ0v) is 18.6. The zero-order chi connectivity index (χ0) is 23.3. The van der Waals surface area contributed by atoms with Crippen LogP contribution in [-0.2, 0) is 19.1 Å². The number of halogens is 1. The van der Waals surface area contributed by atoms with Gasteiger partial charge < -0.3 is 19.5 Å². The van der Waals surface area contributed by atoms with Crippen molar-refractivity contribution in [2.75, 3.05) is 30.5 Å². The number of carbonyl (C=O) groups excluding carboxylic acids is 3. The molecule has 1 atom stereocenters. The van der Waals surface area contributed by atoms with E-state index in [1.807, 2.05) is 6.92 Å². The van der Waals surface area contributed by atoms with Crippen molar-refractivity contribution in [2.24, 2.45) is 0 Å². The molecule has 0 unspecified atom stereocenters. The standard InChI is InChI=1S/C23H23ClN2O6/c1-4-31-22-16(24)11-15(12-19(22)30-3)9-10-21(28)32-14(2)23(29)26-13-20(27)25-17-7-5-6-8-18(17)26/h5-12,14H,4,13H2,1-3H3,(H,25,27)/b10-9+/t14-/m1/s1. The Labute approximate surface area is 190 Å². The second-order valence-electron chi connectivity index (χ2n) is 6.87. The summed E-state index contributed by atoms with van der Waals surface area (Å²) in [5.41, 5.74) is 1.66. The predicted molar refractivity (Wildman–Crippen MR) is 121 cm³/mol. The molecule has 0 saturated heterocycles. The van der Waals surface area contributed by atoms with E-state index in [0.29, 0.717) is 40.1 Å². The lowest BCUT2D eigenvalue weighted by Crippen LogP contribution is -2.46. The van der Waals surface area contributed by atoms with Gasteiger partial charge in [0, 0.05) is 6.08 Å². The second-order valence-corrected chi connectivity index (χ2v) is 7.28. The van der Waals surface area contributed by atoms with Gasteiger partial charge in [-0.1, -0.05) is 23.7 Å². The van der Waals surface area contributed by atoms with Crippen LogP contribution in [0.15, 0.2) is 42.5 Å². The number of carbonyl (C=O) groups is 3. The second kappa shape index (κ2) is 10.2. The number of hydrogen-bond donors (Lipinski definition) is 1. The molecule has 9 heteroatoms. The Kier molecular flexibility index (Phi) is 7.37. The van der Waals surface area contributed by atoms with E-state index in [4.69, 9.17) is 25.8 Å². The van der Waals surface area contributed by atoms with Crippen molar-refractivity contribution in [2.45, 2.75) is 20.0 Å². The molecule has 0 fully saturated rings. The summed E-state index contributed by atoms with van der Waals surface area (Å²) in [6, 6.07) is 10.2. The fourth-order valence-corrected chi connectivity index (χ4v) is 3.47. The molecular formula is C23H23ClN2O6. The molecule has 1 heterocycles. The van der Waals surface area contributed by atoms with E-state index < -0.39 is 18.0 Å². The molecule has 1 aliphatic rings. The zero-order valence-electron chi connectivity index (χ0n) is 17.9. The van der Waals surface area contributed by atoms with Gasteiger partial charge in [0.05, 0.1) is 30.1 Å². The van der Waals surface area contributed by atoms with Crippen molar-refractivity contribution in [3.8, 4) is 11.5 Å². The predicted octanol–water partition coefficient (Wildman–Crippen LogP) is 3.68. The number of para-hydroxylation sites is 2. The molecule has 0 aliphatic carbocycles. The molecule has 168 valence electrons. The maximum Gasteiger partial charge on any atom is 0.331 e. The average molecular weight is 459 g/mol. The molecule has 0 radical (unpaired) electrons. The summed E-state index contributed by atoms with van der Waals surface area (Å²) < 4.78 is 16.0. The topological polar surface area (TPSA) is 94.2 Å².